The molecular weight excluding hydrogens is 212 g/mol. The van der Waals surface area contributed by atoms with E-state index in [1.165, 1.54) is 6.42 Å². The van der Waals surface area contributed by atoms with E-state index in [2.05, 4.69) is 14.7 Å². The van der Waals surface area contributed by atoms with Gasteiger partial charge in [0.25, 0.3) is 0 Å². The molecular formula is C9H14N4OS. The summed E-state index contributed by atoms with van der Waals surface area (Å²) >= 11 is -1.18. The van der Waals surface area contributed by atoms with E-state index in [-0.39, 0.29) is 0 Å². The minimum absolute atomic E-state index is 0.557. The van der Waals surface area contributed by atoms with Crippen molar-refractivity contribution >= 4 is 17.0 Å². The Morgan fingerprint density at radius 1 is 1.27 bits per heavy atom. The van der Waals surface area contributed by atoms with Crippen molar-refractivity contribution in [1.82, 2.24) is 14.3 Å². The van der Waals surface area contributed by atoms with Gasteiger partial charge in [-0.2, -0.15) is 0 Å². The fourth-order valence-corrected chi connectivity index (χ4v) is 2.54. The smallest absolute Gasteiger partial charge is 0.197 e. The maximum Gasteiger partial charge on any atom is 0.197 e. The quantitative estimate of drug-likeness (QED) is 0.835. The van der Waals surface area contributed by atoms with Crippen LogP contribution in [0.1, 0.15) is 19.3 Å². The molecule has 1 aliphatic heterocycles. The first-order valence-corrected chi connectivity index (χ1v) is 6.16. The van der Waals surface area contributed by atoms with Crippen LogP contribution in [0.2, 0.25) is 0 Å². The van der Waals surface area contributed by atoms with Gasteiger partial charge in [0.1, 0.15) is 0 Å². The number of nitrogens with zero attached hydrogens (tertiary/aromatic N) is 3. The Balaban J connectivity index is 1.91. The van der Waals surface area contributed by atoms with Crippen LogP contribution >= 0.6 is 0 Å². The van der Waals surface area contributed by atoms with Gasteiger partial charge in [-0.3, -0.25) is 9.71 Å². The van der Waals surface area contributed by atoms with Gasteiger partial charge in [-0.1, -0.05) is 6.42 Å². The molecule has 1 aromatic rings. The van der Waals surface area contributed by atoms with E-state index in [9.17, 15) is 4.21 Å². The van der Waals surface area contributed by atoms with Crippen LogP contribution in [-0.2, 0) is 11.2 Å². The van der Waals surface area contributed by atoms with Crippen LogP contribution in [0.5, 0.6) is 0 Å². The third-order valence-corrected chi connectivity index (χ3v) is 3.52. The maximum atomic E-state index is 11.8. The summed E-state index contributed by atoms with van der Waals surface area (Å²) in [6.07, 6.45) is 8.22. The summed E-state index contributed by atoms with van der Waals surface area (Å²) in [7, 11) is 0. The van der Waals surface area contributed by atoms with Gasteiger partial charge < -0.3 is 0 Å². The van der Waals surface area contributed by atoms with Gasteiger partial charge in [0, 0.05) is 25.5 Å². The molecule has 6 heteroatoms. The minimum atomic E-state index is -1.18. The second kappa shape index (κ2) is 5.18. The van der Waals surface area contributed by atoms with E-state index < -0.39 is 11.2 Å². The lowest BCUT2D eigenvalue weighted by atomic mass is 10.2. The number of aromatic nitrogens is 2. The fourth-order valence-electron chi connectivity index (χ4n) is 1.54. The van der Waals surface area contributed by atoms with Crippen molar-refractivity contribution in [1.29, 1.82) is 0 Å². The molecule has 1 fully saturated rings. The highest BCUT2D eigenvalue weighted by Crippen LogP contribution is 2.11. The van der Waals surface area contributed by atoms with Crippen LogP contribution in [0, 0.1) is 0 Å². The summed E-state index contributed by atoms with van der Waals surface area (Å²) in [6.45, 7) is 1.78. The van der Waals surface area contributed by atoms with Gasteiger partial charge in [-0.15, -0.1) is 0 Å². The van der Waals surface area contributed by atoms with Gasteiger partial charge in [0.15, 0.2) is 17.0 Å². The molecule has 15 heavy (non-hydrogen) atoms. The Bertz CT molecular complexity index is 326. The van der Waals surface area contributed by atoms with Crippen LogP contribution < -0.4 is 4.72 Å². The summed E-state index contributed by atoms with van der Waals surface area (Å²) < 4.78 is 16.6. The predicted molar refractivity (Wildman–Crippen MR) is 59.2 cm³/mol. The predicted octanol–water partition coefficient (Wildman–Crippen LogP) is 0.953. The van der Waals surface area contributed by atoms with E-state index >= 15 is 0 Å². The molecule has 1 unspecified atom stereocenters. The lowest BCUT2D eigenvalue weighted by Crippen LogP contribution is -2.35. The van der Waals surface area contributed by atoms with Crippen LogP contribution in [0.4, 0.5) is 5.82 Å². The first kappa shape index (κ1) is 10.5. The highest BCUT2D eigenvalue weighted by Gasteiger charge is 2.16. The molecule has 1 saturated heterocycles. The third kappa shape index (κ3) is 2.97. The first-order chi connectivity index (χ1) is 7.36. The Kier molecular flexibility index (Phi) is 3.63. The van der Waals surface area contributed by atoms with Crippen molar-refractivity contribution in [3.8, 4) is 0 Å². The molecule has 0 saturated carbocycles. The summed E-state index contributed by atoms with van der Waals surface area (Å²) in [5, 5.41) is 0. The number of anilines is 1. The van der Waals surface area contributed by atoms with Gasteiger partial charge >= 0.3 is 0 Å². The standard InChI is InChI=1S/C9H14N4OS/c14-15(13-6-2-1-3-7-13)12-9-8-10-4-5-11-9/h4-5,8H,1-3,6-7H2,(H,11,12). The highest BCUT2D eigenvalue weighted by atomic mass is 32.2. The maximum absolute atomic E-state index is 11.8. The molecule has 5 nitrogen and oxygen atoms in total. The Hall–Kier alpha value is -1.01. The third-order valence-electron chi connectivity index (χ3n) is 2.30. The molecule has 2 heterocycles. The van der Waals surface area contributed by atoms with E-state index in [4.69, 9.17) is 0 Å². The van der Waals surface area contributed by atoms with Crippen molar-refractivity contribution in [2.24, 2.45) is 0 Å². The number of nitrogens with one attached hydrogen (secondary N) is 1. The second-order valence-electron chi connectivity index (χ2n) is 3.43. The summed E-state index contributed by atoms with van der Waals surface area (Å²) in [5.41, 5.74) is 0. The molecule has 0 amide bonds. The van der Waals surface area contributed by atoms with Crippen LogP contribution in [0.3, 0.4) is 0 Å². The van der Waals surface area contributed by atoms with E-state index in [0.717, 1.165) is 25.9 Å². The van der Waals surface area contributed by atoms with E-state index in [1.807, 2.05) is 4.31 Å². The van der Waals surface area contributed by atoms with Crippen LogP contribution in [0.25, 0.3) is 0 Å². The molecule has 1 atom stereocenters. The van der Waals surface area contributed by atoms with Crippen molar-refractivity contribution in [2.75, 3.05) is 17.8 Å². The Morgan fingerprint density at radius 3 is 2.73 bits per heavy atom. The normalized spacial score (nSPS) is 19.7. The molecule has 0 aliphatic carbocycles. The van der Waals surface area contributed by atoms with Crippen LogP contribution in [0.15, 0.2) is 18.6 Å². The van der Waals surface area contributed by atoms with Gasteiger partial charge in [0.05, 0.1) is 6.20 Å². The Morgan fingerprint density at radius 2 is 2.07 bits per heavy atom. The molecule has 1 aliphatic rings. The Labute approximate surface area is 91.6 Å². The zero-order valence-electron chi connectivity index (χ0n) is 8.43. The number of piperidine rings is 1. The van der Waals surface area contributed by atoms with E-state index in [0.29, 0.717) is 5.82 Å². The van der Waals surface area contributed by atoms with Crippen molar-refractivity contribution < 1.29 is 4.21 Å². The molecule has 0 spiro atoms. The zero-order valence-corrected chi connectivity index (χ0v) is 9.24. The average Bonchev–Trinajstić information content (AvgIpc) is 2.31. The SMILES string of the molecule is O=S(Nc1cnccn1)N1CCCCC1. The summed E-state index contributed by atoms with van der Waals surface area (Å²) in [5.74, 6) is 0.557. The van der Waals surface area contributed by atoms with Crippen molar-refractivity contribution in [3.05, 3.63) is 18.6 Å². The van der Waals surface area contributed by atoms with E-state index in [1.54, 1.807) is 18.6 Å². The molecule has 0 aromatic carbocycles. The molecule has 0 radical (unpaired) electrons. The molecule has 1 N–H and O–H groups in total. The molecule has 82 valence electrons. The zero-order chi connectivity index (χ0) is 10.5. The van der Waals surface area contributed by atoms with Crippen molar-refractivity contribution in [2.45, 2.75) is 19.3 Å². The molecule has 0 bridgehead atoms. The largest absolute Gasteiger partial charge is 0.275 e. The molecule has 2 rings (SSSR count). The van der Waals surface area contributed by atoms with Gasteiger partial charge in [0.2, 0.25) is 0 Å². The van der Waals surface area contributed by atoms with Gasteiger partial charge in [-0.05, 0) is 12.8 Å². The summed E-state index contributed by atoms with van der Waals surface area (Å²) in [4.78, 5) is 7.93. The first-order valence-electron chi connectivity index (χ1n) is 5.06. The fraction of sp³-hybridized carbons (Fsp3) is 0.556. The average molecular weight is 226 g/mol. The lowest BCUT2D eigenvalue weighted by Gasteiger charge is -2.24. The highest BCUT2D eigenvalue weighted by molar-refractivity contribution is 7.84. The molecule has 1 aromatic heterocycles. The van der Waals surface area contributed by atoms with Crippen molar-refractivity contribution in [3.63, 3.8) is 0 Å². The number of hydrogen-bond donors (Lipinski definition) is 1. The minimum Gasteiger partial charge on any atom is -0.275 e. The number of hydrogen-bond acceptors (Lipinski definition) is 3. The second-order valence-corrected chi connectivity index (χ2v) is 4.65. The monoisotopic (exact) mass is 226 g/mol. The summed E-state index contributed by atoms with van der Waals surface area (Å²) in [6, 6.07) is 0. The van der Waals surface area contributed by atoms with Gasteiger partial charge in [-0.25, -0.2) is 13.5 Å². The number of rotatable bonds is 3. The topological polar surface area (TPSA) is 58.1 Å². The lowest BCUT2D eigenvalue weighted by molar-refractivity contribution is 0.367. The van der Waals surface area contributed by atoms with Crippen LogP contribution in [-0.4, -0.2) is 31.6 Å².